The molecule has 6 nitrogen and oxygen atoms in total. The van der Waals surface area contributed by atoms with Crippen LogP contribution in [0.5, 0.6) is 0 Å². The van der Waals surface area contributed by atoms with Crippen LogP contribution < -0.4 is 5.32 Å². The van der Waals surface area contributed by atoms with Gasteiger partial charge >= 0.3 is 0 Å². The molecule has 0 unspecified atom stereocenters. The lowest BCUT2D eigenvalue weighted by atomic mass is 10.1. The van der Waals surface area contributed by atoms with Gasteiger partial charge < -0.3 is 9.88 Å². The Kier molecular flexibility index (Phi) is 5.32. The number of carbonyl (C=O) groups is 1. The van der Waals surface area contributed by atoms with Crippen LogP contribution in [0.15, 0.2) is 40.9 Å². The van der Waals surface area contributed by atoms with Crippen molar-refractivity contribution in [3.63, 3.8) is 0 Å². The van der Waals surface area contributed by atoms with Crippen molar-refractivity contribution < 1.29 is 9.72 Å². The molecule has 27 heavy (non-hydrogen) atoms. The second-order valence-electron chi connectivity index (χ2n) is 6.30. The van der Waals surface area contributed by atoms with E-state index >= 15 is 0 Å². The Morgan fingerprint density at radius 3 is 2.59 bits per heavy atom. The van der Waals surface area contributed by atoms with E-state index in [1.165, 1.54) is 17.7 Å². The predicted octanol–water partition coefficient (Wildman–Crippen LogP) is 5.46. The summed E-state index contributed by atoms with van der Waals surface area (Å²) in [6.45, 7) is 6.67. The highest BCUT2D eigenvalue weighted by atomic mass is 79.9. The molecule has 2 aromatic carbocycles. The molecule has 1 amide bonds. The van der Waals surface area contributed by atoms with Crippen LogP contribution in [0.25, 0.3) is 10.9 Å². The maximum absolute atomic E-state index is 13.0. The van der Waals surface area contributed by atoms with E-state index in [1.807, 2.05) is 24.5 Å². The molecule has 0 bridgehead atoms. The molecular weight excluding hydrogens is 410 g/mol. The Balaban J connectivity index is 2.07. The first-order valence-electron chi connectivity index (χ1n) is 8.74. The van der Waals surface area contributed by atoms with Gasteiger partial charge in [0, 0.05) is 34.1 Å². The number of non-ortho nitro benzene ring substituents is 1. The molecule has 140 valence electrons. The van der Waals surface area contributed by atoms with Gasteiger partial charge in [0.2, 0.25) is 0 Å². The Hall–Kier alpha value is -2.67. The largest absolute Gasteiger partial charge is 0.337 e. The molecule has 0 saturated heterocycles. The molecule has 3 aromatic rings. The first-order chi connectivity index (χ1) is 12.9. The first kappa shape index (κ1) is 19.1. The van der Waals surface area contributed by atoms with Gasteiger partial charge in [-0.15, -0.1) is 0 Å². The summed E-state index contributed by atoms with van der Waals surface area (Å²) in [5.41, 5.74) is 3.99. The summed E-state index contributed by atoms with van der Waals surface area (Å²) in [5, 5.41) is 14.9. The topological polar surface area (TPSA) is 77.2 Å². The fourth-order valence-corrected chi connectivity index (χ4v) is 3.66. The maximum Gasteiger partial charge on any atom is 0.272 e. The van der Waals surface area contributed by atoms with Crippen molar-refractivity contribution in [2.24, 2.45) is 0 Å². The molecule has 1 aromatic heterocycles. The van der Waals surface area contributed by atoms with E-state index in [4.69, 9.17) is 0 Å². The fourth-order valence-electron chi connectivity index (χ4n) is 3.31. The molecule has 0 aliphatic carbocycles. The molecule has 3 rings (SSSR count). The molecule has 0 saturated carbocycles. The zero-order chi connectivity index (χ0) is 19.7. The highest BCUT2D eigenvalue weighted by Gasteiger charge is 2.21. The van der Waals surface area contributed by atoms with Gasteiger partial charge in [0.25, 0.3) is 11.6 Å². The van der Waals surface area contributed by atoms with Crippen LogP contribution in [0.2, 0.25) is 0 Å². The van der Waals surface area contributed by atoms with E-state index in [0.717, 1.165) is 22.9 Å². The van der Waals surface area contributed by atoms with E-state index in [1.54, 1.807) is 6.07 Å². The van der Waals surface area contributed by atoms with Crippen LogP contribution in [0.4, 0.5) is 11.4 Å². The molecule has 0 radical (unpaired) electrons. The van der Waals surface area contributed by atoms with Crippen molar-refractivity contribution in [3.05, 3.63) is 67.8 Å². The number of carbonyl (C=O) groups excluding carboxylic acids is 1. The number of fused-ring (bicyclic) bond motifs is 1. The Morgan fingerprint density at radius 2 is 1.96 bits per heavy atom. The maximum atomic E-state index is 13.0. The van der Waals surface area contributed by atoms with Gasteiger partial charge in [0.15, 0.2) is 0 Å². The molecular formula is C20H20BrN3O3. The van der Waals surface area contributed by atoms with E-state index in [0.29, 0.717) is 22.4 Å². The van der Waals surface area contributed by atoms with Crippen molar-refractivity contribution >= 4 is 44.1 Å². The molecule has 0 fully saturated rings. The molecule has 1 heterocycles. The molecule has 7 heteroatoms. The van der Waals surface area contributed by atoms with Crippen molar-refractivity contribution in [1.82, 2.24) is 4.57 Å². The number of benzene rings is 2. The standard InChI is InChI=1S/C20H20BrN3O3/c1-4-13-6-9-18-15(10-13)12(3)19(23(18)5-2)20(25)22-17-11-14(24(26)27)7-8-16(17)21/h6-11H,4-5H2,1-3H3,(H,22,25). The van der Waals surface area contributed by atoms with E-state index in [9.17, 15) is 14.9 Å². The molecule has 0 aliphatic heterocycles. The molecule has 0 atom stereocenters. The Bertz CT molecular complexity index is 1060. The van der Waals surface area contributed by atoms with Gasteiger partial charge in [-0.1, -0.05) is 13.0 Å². The zero-order valence-electron chi connectivity index (χ0n) is 15.4. The third kappa shape index (κ3) is 3.47. The summed E-state index contributed by atoms with van der Waals surface area (Å²) in [6, 6.07) is 10.5. The normalized spacial score (nSPS) is 11.0. The molecule has 1 N–H and O–H groups in total. The van der Waals surface area contributed by atoms with Crippen LogP contribution in [0, 0.1) is 17.0 Å². The number of anilines is 1. The van der Waals surface area contributed by atoms with Crippen molar-refractivity contribution in [3.8, 4) is 0 Å². The smallest absolute Gasteiger partial charge is 0.272 e. The van der Waals surface area contributed by atoms with Gasteiger partial charge in [0.05, 0.1) is 10.6 Å². The Morgan fingerprint density at radius 1 is 1.22 bits per heavy atom. The minimum atomic E-state index is -0.483. The number of hydrogen-bond donors (Lipinski definition) is 1. The number of nitrogens with zero attached hydrogens (tertiary/aromatic N) is 2. The van der Waals surface area contributed by atoms with E-state index in [2.05, 4.69) is 40.3 Å². The van der Waals surface area contributed by atoms with Gasteiger partial charge in [-0.3, -0.25) is 14.9 Å². The number of aryl methyl sites for hydroxylation is 3. The number of halogens is 1. The third-order valence-electron chi connectivity index (χ3n) is 4.73. The monoisotopic (exact) mass is 429 g/mol. The molecule has 0 spiro atoms. The van der Waals surface area contributed by atoms with Gasteiger partial charge in [0.1, 0.15) is 5.69 Å². The minimum Gasteiger partial charge on any atom is -0.337 e. The lowest BCUT2D eigenvalue weighted by Crippen LogP contribution is -2.18. The average Bonchev–Trinajstić information content (AvgIpc) is 2.94. The van der Waals surface area contributed by atoms with Crippen LogP contribution >= 0.6 is 15.9 Å². The van der Waals surface area contributed by atoms with E-state index in [-0.39, 0.29) is 11.6 Å². The summed E-state index contributed by atoms with van der Waals surface area (Å²) in [5.74, 6) is -0.287. The SMILES string of the molecule is CCc1ccc2c(c1)c(C)c(C(=O)Nc1cc([N+](=O)[O-])ccc1Br)n2CC. The lowest BCUT2D eigenvalue weighted by molar-refractivity contribution is -0.384. The van der Waals surface area contributed by atoms with Crippen LogP contribution in [-0.4, -0.2) is 15.4 Å². The summed E-state index contributed by atoms with van der Waals surface area (Å²) in [7, 11) is 0. The summed E-state index contributed by atoms with van der Waals surface area (Å²) in [6.07, 6.45) is 0.925. The number of nitro benzene ring substituents is 1. The first-order valence-corrected chi connectivity index (χ1v) is 9.53. The highest BCUT2D eigenvalue weighted by Crippen LogP contribution is 2.30. The van der Waals surface area contributed by atoms with Crippen molar-refractivity contribution in [2.45, 2.75) is 33.7 Å². The van der Waals surface area contributed by atoms with Crippen molar-refractivity contribution in [1.29, 1.82) is 0 Å². The number of hydrogen-bond acceptors (Lipinski definition) is 3. The second kappa shape index (κ2) is 7.52. The van der Waals surface area contributed by atoms with Crippen LogP contribution in [0.3, 0.4) is 0 Å². The van der Waals surface area contributed by atoms with Crippen LogP contribution in [0.1, 0.15) is 35.5 Å². The minimum absolute atomic E-state index is 0.0751. The van der Waals surface area contributed by atoms with Crippen LogP contribution in [-0.2, 0) is 13.0 Å². The van der Waals surface area contributed by atoms with Gasteiger partial charge in [-0.2, -0.15) is 0 Å². The van der Waals surface area contributed by atoms with Gasteiger partial charge in [-0.05, 0) is 65.5 Å². The van der Waals surface area contributed by atoms with E-state index < -0.39 is 4.92 Å². The number of aromatic nitrogens is 1. The van der Waals surface area contributed by atoms with Crippen molar-refractivity contribution in [2.75, 3.05) is 5.32 Å². The lowest BCUT2D eigenvalue weighted by Gasteiger charge is -2.11. The predicted molar refractivity (Wildman–Crippen MR) is 110 cm³/mol. The highest BCUT2D eigenvalue weighted by molar-refractivity contribution is 9.10. The summed E-state index contributed by atoms with van der Waals surface area (Å²) >= 11 is 3.34. The number of nitro groups is 1. The number of rotatable bonds is 5. The third-order valence-corrected chi connectivity index (χ3v) is 5.42. The quantitative estimate of drug-likeness (QED) is 0.432. The average molecular weight is 430 g/mol. The second-order valence-corrected chi connectivity index (χ2v) is 7.15. The Labute approximate surface area is 165 Å². The molecule has 0 aliphatic rings. The number of amides is 1. The zero-order valence-corrected chi connectivity index (χ0v) is 17.0. The fraction of sp³-hybridized carbons (Fsp3) is 0.250. The number of nitrogens with one attached hydrogen (secondary N) is 1. The van der Waals surface area contributed by atoms with Gasteiger partial charge in [-0.25, -0.2) is 0 Å². The summed E-state index contributed by atoms with van der Waals surface area (Å²) < 4.78 is 2.57. The summed E-state index contributed by atoms with van der Waals surface area (Å²) in [4.78, 5) is 23.6.